The number of rotatable bonds is 8. The lowest BCUT2D eigenvalue weighted by Crippen LogP contribution is -2.92. The van der Waals surface area contributed by atoms with Crippen molar-refractivity contribution in [2.45, 2.75) is 39.3 Å². The van der Waals surface area contributed by atoms with Gasteiger partial charge >= 0.3 is 0 Å². The van der Waals surface area contributed by atoms with Crippen LogP contribution in [0, 0.1) is 6.92 Å². The number of carbonyl (C=O) groups excluding carboxylic acids is 2. The molecule has 0 radical (unpaired) electrons. The van der Waals surface area contributed by atoms with Crippen molar-refractivity contribution in [2.75, 3.05) is 5.32 Å². The molecule has 0 saturated heterocycles. The van der Waals surface area contributed by atoms with Crippen LogP contribution in [-0.4, -0.2) is 17.9 Å². The van der Waals surface area contributed by atoms with E-state index in [0.29, 0.717) is 12.3 Å². The first-order valence-electron chi connectivity index (χ1n) is 7.96. The number of quaternary nitrogens is 1. The summed E-state index contributed by atoms with van der Waals surface area (Å²) in [6.45, 7) is 4.25. The summed E-state index contributed by atoms with van der Waals surface area (Å²) in [6, 6.07) is 8.31. The van der Waals surface area contributed by atoms with Crippen molar-refractivity contribution < 1.29 is 24.4 Å². The Kier molecular flexibility index (Phi) is 6.14. The number of anilines is 1. The predicted octanol–water partition coefficient (Wildman–Crippen LogP) is 0.361. The maximum absolute atomic E-state index is 12.3. The highest BCUT2D eigenvalue weighted by molar-refractivity contribution is 5.94. The van der Waals surface area contributed by atoms with Crippen LogP contribution in [0.4, 0.5) is 5.69 Å². The zero-order valence-corrected chi connectivity index (χ0v) is 13.9. The van der Waals surface area contributed by atoms with Crippen LogP contribution in [0.1, 0.15) is 30.2 Å². The molecule has 0 fully saturated rings. The average Bonchev–Trinajstić information content (AvgIpc) is 3.06. The Morgan fingerprint density at radius 1 is 1.29 bits per heavy atom. The van der Waals surface area contributed by atoms with E-state index in [1.807, 2.05) is 32.0 Å². The number of hydrogen-bond donors (Lipinski definition) is 2. The summed E-state index contributed by atoms with van der Waals surface area (Å²) in [5.41, 5.74) is 2.73. The highest BCUT2D eigenvalue weighted by Crippen LogP contribution is 2.21. The van der Waals surface area contributed by atoms with Crippen molar-refractivity contribution in [1.29, 1.82) is 0 Å². The van der Waals surface area contributed by atoms with Gasteiger partial charge in [-0.15, -0.1) is 0 Å². The minimum Gasteiger partial charge on any atom is -0.544 e. The Balaban J connectivity index is 1.99. The molecule has 6 nitrogen and oxygen atoms in total. The van der Waals surface area contributed by atoms with E-state index in [1.165, 1.54) is 11.6 Å². The topological polar surface area (TPSA) is 99.0 Å². The van der Waals surface area contributed by atoms with Gasteiger partial charge in [0.2, 0.25) is 5.91 Å². The zero-order chi connectivity index (χ0) is 17.5. The van der Waals surface area contributed by atoms with Gasteiger partial charge in [-0.2, -0.15) is 0 Å². The van der Waals surface area contributed by atoms with Crippen molar-refractivity contribution >= 4 is 17.6 Å². The molecule has 24 heavy (non-hydrogen) atoms. The summed E-state index contributed by atoms with van der Waals surface area (Å²) in [5.74, 6) is -0.963. The lowest BCUT2D eigenvalue weighted by molar-refractivity contribution is -0.698. The Morgan fingerprint density at radius 2 is 2.08 bits per heavy atom. The second-order valence-corrected chi connectivity index (χ2v) is 5.66. The molecule has 0 bridgehead atoms. The number of hydrogen-bond acceptors (Lipinski definition) is 4. The molecule has 0 unspecified atom stereocenters. The summed E-state index contributed by atoms with van der Waals surface area (Å²) >= 11 is 0. The second kappa shape index (κ2) is 8.31. The van der Waals surface area contributed by atoms with Crippen LogP contribution >= 0.6 is 0 Å². The summed E-state index contributed by atoms with van der Waals surface area (Å²) in [7, 11) is 0. The summed E-state index contributed by atoms with van der Waals surface area (Å²) in [5, 5.41) is 15.7. The molecule has 1 heterocycles. The van der Waals surface area contributed by atoms with E-state index in [-0.39, 0.29) is 12.3 Å². The van der Waals surface area contributed by atoms with E-state index >= 15 is 0 Å². The molecule has 0 aliphatic heterocycles. The van der Waals surface area contributed by atoms with Crippen molar-refractivity contribution in [3.8, 4) is 0 Å². The van der Waals surface area contributed by atoms with Crippen LogP contribution in [0.25, 0.3) is 0 Å². The number of furan rings is 1. The van der Waals surface area contributed by atoms with E-state index < -0.39 is 12.0 Å². The van der Waals surface area contributed by atoms with Crippen LogP contribution in [0.3, 0.4) is 0 Å². The smallest absolute Gasteiger partial charge is 0.230 e. The van der Waals surface area contributed by atoms with Gasteiger partial charge in [0.15, 0.2) is 5.76 Å². The van der Waals surface area contributed by atoms with E-state index in [4.69, 9.17) is 4.42 Å². The van der Waals surface area contributed by atoms with Gasteiger partial charge in [0.1, 0.15) is 12.6 Å². The third-order valence-electron chi connectivity index (χ3n) is 3.90. The fourth-order valence-corrected chi connectivity index (χ4v) is 2.54. The summed E-state index contributed by atoms with van der Waals surface area (Å²) in [4.78, 5) is 23.5. The molecule has 1 atom stereocenters. The number of para-hydroxylation sites is 1. The standard InChI is InChI=1S/C18H22N2O4/c1-3-13-7-4-6-12(2)17(13)20-16(21)10-15(18(22)23)19-11-14-8-5-9-24-14/h4-9,15,19H,3,10-11H2,1-2H3,(H,20,21)(H,22,23)/t15-/m0/s1. The van der Waals surface area contributed by atoms with Crippen LogP contribution in [0.2, 0.25) is 0 Å². The van der Waals surface area contributed by atoms with E-state index in [1.54, 1.807) is 12.1 Å². The summed E-state index contributed by atoms with van der Waals surface area (Å²) in [6.07, 6.45) is 2.14. The SMILES string of the molecule is CCc1cccc(C)c1NC(=O)C[C@H]([NH2+]Cc1ccco1)C(=O)[O-]. The number of benzene rings is 1. The Morgan fingerprint density at radius 3 is 2.71 bits per heavy atom. The minimum atomic E-state index is -1.27. The molecule has 1 aromatic carbocycles. The quantitative estimate of drug-likeness (QED) is 0.730. The number of amides is 1. The molecule has 0 aliphatic carbocycles. The zero-order valence-electron chi connectivity index (χ0n) is 13.9. The molecular formula is C18H22N2O4. The van der Waals surface area contributed by atoms with Gasteiger partial charge < -0.3 is 25.0 Å². The van der Waals surface area contributed by atoms with Crippen LogP contribution in [-0.2, 0) is 22.6 Å². The Labute approximate surface area is 140 Å². The lowest BCUT2D eigenvalue weighted by Gasteiger charge is -2.17. The predicted molar refractivity (Wildman–Crippen MR) is 86.9 cm³/mol. The largest absolute Gasteiger partial charge is 0.544 e. The monoisotopic (exact) mass is 330 g/mol. The fraction of sp³-hybridized carbons (Fsp3) is 0.333. The number of carbonyl (C=O) groups is 2. The highest BCUT2D eigenvalue weighted by Gasteiger charge is 2.20. The molecule has 2 aromatic rings. The number of nitrogens with one attached hydrogen (secondary N) is 1. The van der Waals surface area contributed by atoms with Crippen LogP contribution in [0.15, 0.2) is 41.0 Å². The van der Waals surface area contributed by atoms with E-state index in [9.17, 15) is 14.7 Å². The third kappa shape index (κ3) is 4.70. The van der Waals surface area contributed by atoms with Gasteiger partial charge in [-0.1, -0.05) is 25.1 Å². The first kappa shape index (κ1) is 17.7. The normalized spacial score (nSPS) is 11.9. The molecule has 0 saturated carbocycles. The van der Waals surface area contributed by atoms with Gasteiger partial charge in [-0.25, -0.2) is 0 Å². The second-order valence-electron chi connectivity index (χ2n) is 5.66. The lowest BCUT2D eigenvalue weighted by atomic mass is 10.1. The Bertz CT molecular complexity index is 695. The molecule has 1 amide bonds. The van der Waals surface area contributed by atoms with Gasteiger partial charge in [0.25, 0.3) is 0 Å². The van der Waals surface area contributed by atoms with Crippen molar-refractivity contribution in [2.24, 2.45) is 0 Å². The maximum atomic E-state index is 12.3. The number of aryl methyl sites for hydroxylation is 2. The van der Waals surface area contributed by atoms with E-state index in [2.05, 4.69) is 5.32 Å². The van der Waals surface area contributed by atoms with Crippen molar-refractivity contribution in [3.63, 3.8) is 0 Å². The Hall–Kier alpha value is -2.60. The van der Waals surface area contributed by atoms with Gasteiger partial charge in [0.05, 0.1) is 18.7 Å². The molecule has 1 aromatic heterocycles. The molecule has 2 rings (SSSR count). The number of nitrogens with two attached hydrogens (primary N) is 1. The number of carboxylic acids is 1. The highest BCUT2D eigenvalue weighted by atomic mass is 16.4. The first-order valence-corrected chi connectivity index (χ1v) is 7.96. The molecule has 6 heteroatoms. The summed E-state index contributed by atoms with van der Waals surface area (Å²) < 4.78 is 5.17. The molecular weight excluding hydrogens is 308 g/mol. The van der Waals surface area contributed by atoms with E-state index in [0.717, 1.165) is 23.2 Å². The molecule has 0 aliphatic rings. The average molecular weight is 330 g/mol. The maximum Gasteiger partial charge on any atom is 0.230 e. The van der Waals surface area contributed by atoms with Gasteiger partial charge in [-0.3, -0.25) is 4.79 Å². The third-order valence-corrected chi connectivity index (χ3v) is 3.90. The number of aliphatic carboxylic acids is 1. The van der Waals surface area contributed by atoms with Crippen molar-refractivity contribution in [1.82, 2.24) is 0 Å². The van der Waals surface area contributed by atoms with Crippen LogP contribution < -0.4 is 15.7 Å². The number of carboxylic acid groups (broad SMARTS) is 1. The van der Waals surface area contributed by atoms with Crippen LogP contribution in [0.5, 0.6) is 0 Å². The molecule has 0 spiro atoms. The fourth-order valence-electron chi connectivity index (χ4n) is 2.54. The van der Waals surface area contributed by atoms with Crippen molar-refractivity contribution in [3.05, 3.63) is 53.5 Å². The first-order chi connectivity index (χ1) is 11.5. The molecule has 3 N–H and O–H groups in total. The minimum absolute atomic E-state index is 0.166. The molecule has 128 valence electrons. The van der Waals surface area contributed by atoms with Gasteiger partial charge in [0, 0.05) is 5.69 Å². The van der Waals surface area contributed by atoms with Gasteiger partial charge in [-0.05, 0) is 36.6 Å².